The Hall–Kier alpha value is -2.16. The Morgan fingerprint density at radius 3 is 2.67 bits per heavy atom. The summed E-state index contributed by atoms with van der Waals surface area (Å²) in [5, 5.41) is 0. The Morgan fingerprint density at radius 1 is 1.19 bits per heavy atom. The van der Waals surface area contributed by atoms with Gasteiger partial charge in [-0.05, 0) is 36.6 Å². The summed E-state index contributed by atoms with van der Waals surface area (Å²) < 4.78 is 0. The first kappa shape index (κ1) is 13.8. The minimum Gasteiger partial charge on any atom is -0.338 e. The van der Waals surface area contributed by atoms with Gasteiger partial charge in [-0.2, -0.15) is 0 Å². The van der Waals surface area contributed by atoms with E-state index in [0.29, 0.717) is 18.9 Å². The summed E-state index contributed by atoms with van der Waals surface area (Å²) in [5.74, 6) is 0.567. The lowest BCUT2D eigenvalue weighted by atomic mass is 9.97. The molecule has 3 nitrogen and oxygen atoms in total. The number of hydrogen-bond donors (Lipinski definition) is 0. The average molecular weight is 280 g/mol. The Labute approximate surface area is 125 Å². The summed E-state index contributed by atoms with van der Waals surface area (Å²) in [6.45, 7) is 5.63. The number of pyridine rings is 1. The Bertz CT molecular complexity index is 649. The van der Waals surface area contributed by atoms with E-state index in [1.807, 2.05) is 24.1 Å². The van der Waals surface area contributed by atoms with Gasteiger partial charge in [-0.25, -0.2) is 0 Å². The van der Waals surface area contributed by atoms with Crippen LogP contribution >= 0.6 is 0 Å². The maximum atomic E-state index is 12.3. The quantitative estimate of drug-likeness (QED) is 0.865. The van der Waals surface area contributed by atoms with E-state index in [1.54, 1.807) is 6.20 Å². The number of aromatic nitrogens is 1. The summed E-state index contributed by atoms with van der Waals surface area (Å²) in [4.78, 5) is 18.3. The number of rotatable bonds is 3. The van der Waals surface area contributed by atoms with Crippen molar-refractivity contribution < 1.29 is 4.79 Å². The second-order valence-corrected chi connectivity index (χ2v) is 5.89. The molecule has 3 rings (SSSR count). The van der Waals surface area contributed by atoms with Crippen LogP contribution < -0.4 is 0 Å². The van der Waals surface area contributed by atoms with Gasteiger partial charge in [0.15, 0.2) is 0 Å². The minimum atomic E-state index is 0.247. The fourth-order valence-electron chi connectivity index (χ4n) is 2.87. The van der Waals surface area contributed by atoms with Gasteiger partial charge in [0.25, 0.3) is 0 Å². The average Bonchev–Trinajstić information content (AvgIpc) is 2.83. The molecule has 0 saturated carbocycles. The highest BCUT2D eigenvalue weighted by molar-refractivity contribution is 5.79. The molecule has 1 aliphatic rings. The van der Waals surface area contributed by atoms with Crippen LogP contribution in [0.1, 0.15) is 34.6 Å². The molecule has 1 saturated heterocycles. The molecule has 1 unspecified atom stereocenters. The third kappa shape index (κ3) is 2.97. The SMILES string of the molecule is Cc1ccc(C2CC(=O)N(Cc3ccncc3C)C2)cc1. The number of carbonyl (C=O) groups excluding carboxylic acids is 1. The normalized spacial score (nSPS) is 18.3. The molecule has 21 heavy (non-hydrogen) atoms. The highest BCUT2D eigenvalue weighted by Crippen LogP contribution is 2.29. The maximum absolute atomic E-state index is 12.3. The van der Waals surface area contributed by atoms with E-state index >= 15 is 0 Å². The largest absolute Gasteiger partial charge is 0.338 e. The second-order valence-electron chi connectivity index (χ2n) is 5.89. The minimum absolute atomic E-state index is 0.247. The fraction of sp³-hybridized carbons (Fsp3) is 0.333. The first-order valence-electron chi connectivity index (χ1n) is 7.37. The number of likely N-dealkylation sites (tertiary alicyclic amines) is 1. The number of hydrogen-bond acceptors (Lipinski definition) is 2. The Balaban J connectivity index is 1.73. The van der Waals surface area contributed by atoms with Crippen LogP contribution in [0.25, 0.3) is 0 Å². The number of aryl methyl sites for hydroxylation is 2. The first-order chi connectivity index (χ1) is 10.1. The molecule has 1 aromatic carbocycles. The molecule has 0 radical (unpaired) electrons. The predicted molar refractivity (Wildman–Crippen MR) is 82.9 cm³/mol. The number of benzene rings is 1. The molecule has 0 aliphatic carbocycles. The Kier molecular flexibility index (Phi) is 3.74. The fourth-order valence-corrected chi connectivity index (χ4v) is 2.87. The highest BCUT2D eigenvalue weighted by atomic mass is 16.2. The maximum Gasteiger partial charge on any atom is 0.223 e. The lowest BCUT2D eigenvalue weighted by molar-refractivity contribution is -0.128. The van der Waals surface area contributed by atoms with E-state index < -0.39 is 0 Å². The molecule has 1 fully saturated rings. The smallest absolute Gasteiger partial charge is 0.223 e. The van der Waals surface area contributed by atoms with Crippen LogP contribution in [0.5, 0.6) is 0 Å². The van der Waals surface area contributed by atoms with E-state index in [0.717, 1.165) is 12.1 Å². The standard InChI is InChI=1S/C18H20N2O/c1-13-3-5-15(6-4-13)17-9-18(21)20(12-17)11-16-7-8-19-10-14(16)2/h3-8,10,17H,9,11-12H2,1-2H3. The third-order valence-corrected chi connectivity index (χ3v) is 4.26. The molecule has 0 spiro atoms. The zero-order valence-electron chi connectivity index (χ0n) is 12.5. The third-order valence-electron chi connectivity index (χ3n) is 4.26. The molecule has 1 aliphatic heterocycles. The summed E-state index contributed by atoms with van der Waals surface area (Å²) >= 11 is 0. The van der Waals surface area contributed by atoms with E-state index in [2.05, 4.69) is 36.2 Å². The summed E-state index contributed by atoms with van der Waals surface area (Å²) in [6.07, 6.45) is 4.26. The van der Waals surface area contributed by atoms with Crippen LogP contribution in [0, 0.1) is 13.8 Å². The second kappa shape index (κ2) is 5.68. The molecule has 108 valence electrons. The molecule has 1 amide bonds. The molecule has 2 heterocycles. The van der Waals surface area contributed by atoms with Gasteiger partial charge in [0.1, 0.15) is 0 Å². The van der Waals surface area contributed by atoms with Crippen LogP contribution in [-0.4, -0.2) is 22.3 Å². The van der Waals surface area contributed by atoms with Crippen molar-refractivity contribution in [1.29, 1.82) is 0 Å². The van der Waals surface area contributed by atoms with Gasteiger partial charge in [0.2, 0.25) is 5.91 Å². The zero-order chi connectivity index (χ0) is 14.8. The van der Waals surface area contributed by atoms with Crippen molar-refractivity contribution in [2.24, 2.45) is 0 Å². The van der Waals surface area contributed by atoms with Crippen molar-refractivity contribution in [3.8, 4) is 0 Å². The molecular formula is C18H20N2O. The van der Waals surface area contributed by atoms with Crippen molar-refractivity contribution in [2.75, 3.05) is 6.54 Å². The van der Waals surface area contributed by atoms with Gasteiger partial charge in [-0.15, -0.1) is 0 Å². The van der Waals surface area contributed by atoms with E-state index in [-0.39, 0.29) is 5.91 Å². The van der Waals surface area contributed by atoms with E-state index in [1.165, 1.54) is 16.7 Å². The molecule has 1 aromatic heterocycles. The zero-order valence-corrected chi connectivity index (χ0v) is 12.5. The van der Waals surface area contributed by atoms with Crippen LogP contribution in [0.4, 0.5) is 0 Å². The molecular weight excluding hydrogens is 260 g/mol. The number of nitrogens with zero attached hydrogens (tertiary/aromatic N) is 2. The van der Waals surface area contributed by atoms with Crippen LogP contribution in [-0.2, 0) is 11.3 Å². The van der Waals surface area contributed by atoms with E-state index in [9.17, 15) is 4.79 Å². The highest BCUT2D eigenvalue weighted by Gasteiger charge is 2.30. The molecule has 0 N–H and O–H groups in total. The number of amides is 1. The lowest BCUT2D eigenvalue weighted by Gasteiger charge is -2.18. The molecule has 2 aromatic rings. The van der Waals surface area contributed by atoms with Crippen molar-refractivity contribution in [2.45, 2.75) is 32.7 Å². The van der Waals surface area contributed by atoms with Crippen LogP contribution in [0.2, 0.25) is 0 Å². The molecule has 1 atom stereocenters. The van der Waals surface area contributed by atoms with E-state index in [4.69, 9.17) is 0 Å². The van der Waals surface area contributed by atoms with Gasteiger partial charge < -0.3 is 4.90 Å². The van der Waals surface area contributed by atoms with Gasteiger partial charge in [-0.1, -0.05) is 29.8 Å². The summed E-state index contributed by atoms with van der Waals surface area (Å²) in [7, 11) is 0. The van der Waals surface area contributed by atoms with Crippen LogP contribution in [0.15, 0.2) is 42.7 Å². The summed E-state index contributed by atoms with van der Waals surface area (Å²) in [5.41, 5.74) is 4.85. The van der Waals surface area contributed by atoms with Gasteiger partial charge >= 0.3 is 0 Å². The van der Waals surface area contributed by atoms with Crippen molar-refractivity contribution in [3.05, 3.63) is 65.0 Å². The lowest BCUT2D eigenvalue weighted by Crippen LogP contribution is -2.24. The van der Waals surface area contributed by atoms with Gasteiger partial charge in [-0.3, -0.25) is 9.78 Å². The molecule has 3 heteroatoms. The van der Waals surface area contributed by atoms with Gasteiger partial charge in [0.05, 0.1) is 0 Å². The molecule has 0 bridgehead atoms. The van der Waals surface area contributed by atoms with Gasteiger partial charge in [0, 0.05) is 37.8 Å². The van der Waals surface area contributed by atoms with Crippen molar-refractivity contribution in [3.63, 3.8) is 0 Å². The number of carbonyl (C=O) groups is 1. The topological polar surface area (TPSA) is 33.2 Å². The van der Waals surface area contributed by atoms with Crippen molar-refractivity contribution in [1.82, 2.24) is 9.88 Å². The predicted octanol–water partition coefficient (Wildman–Crippen LogP) is 3.21. The van der Waals surface area contributed by atoms with Crippen LogP contribution in [0.3, 0.4) is 0 Å². The van der Waals surface area contributed by atoms with Crippen molar-refractivity contribution >= 4 is 5.91 Å². The monoisotopic (exact) mass is 280 g/mol. The first-order valence-corrected chi connectivity index (χ1v) is 7.37. The summed E-state index contributed by atoms with van der Waals surface area (Å²) in [6, 6.07) is 10.5. The Morgan fingerprint density at radius 2 is 1.95 bits per heavy atom.